The summed E-state index contributed by atoms with van der Waals surface area (Å²) < 4.78 is 15.9. The molecule has 0 atom stereocenters. The maximum absolute atomic E-state index is 12.6. The number of hydrogen-bond donors (Lipinski definition) is 1. The first-order valence-electron chi connectivity index (χ1n) is 10.8. The van der Waals surface area contributed by atoms with Gasteiger partial charge in [-0.3, -0.25) is 29.4 Å². The van der Waals surface area contributed by atoms with Gasteiger partial charge in [0.15, 0.2) is 11.5 Å². The molecule has 1 aliphatic rings. The molecule has 0 aliphatic carbocycles. The largest absolute Gasteiger partial charge is 0.493 e. The van der Waals surface area contributed by atoms with Gasteiger partial charge in [-0.05, 0) is 59.7 Å². The molecule has 0 unspecified atom stereocenters. The van der Waals surface area contributed by atoms with Crippen molar-refractivity contribution in [2.75, 3.05) is 34.4 Å². The Hall–Kier alpha value is -4.06. The fourth-order valence-electron chi connectivity index (χ4n) is 3.47. The Labute approximate surface area is 211 Å². The van der Waals surface area contributed by atoms with Crippen molar-refractivity contribution in [3.05, 3.63) is 62.5 Å². The third-order valence-electron chi connectivity index (χ3n) is 5.30. The zero-order valence-electron chi connectivity index (χ0n) is 19.9. The molecule has 1 heterocycles. The van der Waals surface area contributed by atoms with Crippen LogP contribution in [0.3, 0.4) is 0 Å². The second kappa shape index (κ2) is 12.1. The second-order valence-corrected chi connectivity index (χ2v) is 8.56. The number of benzene rings is 2. The lowest BCUT2D eigenvalue weighted by atomic mass is 10.1. The number of nitro benzene ring substituents is 1. The Morgan fingerprint density at radius 3 is 2.28 bits per heavy atom. The SMILES string of the molecule is COc1cc(CCC(=O)NCCN2C(=O)SC(=Cc3ccc([N+](=O)[O-])cc3)C2=O)cc(OC)c1OC. The number of rotatable bonds is 11. The molecule has 12 heteroatoms. The number of nitrogens with one attached hydrogen (secondary N) is 1. The van der Waals surface area contributed by atoms with Crippen molar-refractivity contribution in [3.8, 4) is 17.2 Å². The van der Waals surface area contributed by atoms with Gasteiger partial charge in [-0.15, -0.1) is 0 Å². The van der Waals surface area contributed by atoms with E-state index >= 15 is 0 Å². The topological polar surface area (TPSA) is 137 Å². The molecule has 0 spiro atoms. The normalized spacial score (nSPS) is 14.2. The summed E-state index contributed by atoms with van der Waals surface area (Å²) in [7, 11) is 4.54. The first-order chi connectivity index (χ1) is 17.3. The molecule has 2 aromatic carbocycles. The van der Waals surface area contributed by atoms with Crippen molar-refractivity contribution in [1.29, 1.82) is 0 Å². The molecule has 0 radical (unpaired) electrons. The van der Waals surface area contributed by atoms with Crippen LogP contribution >= 0.6 is 11.8 Å². The van der Waals surface area contributed by atoms with Crippen molar-refractivity contribution in [3.63, 3.8) is 0 Å². The van der Waals surface area contributed by atoms with Crippen molar-refractivity contribution in [1.82, 2.24) is 10.2 Å². The van der Waals surface area contributed by atoms with E-state index in [0.29, 0.717) is 29.2 Å². The predicted octanol–water partition coefficient (Wildman–Crippen LogP) is 3.41. The fraction of sp³-hybridized carbons (Fsp3) is 0.292. The predicted molar refractivity (Wildman–Crippen MR) is 133 cm³/mol. The molecule has 3 amide bonds. The molecule has 11 nitrogen and oxygen atoms in total. The van der Waals surface area contributed by atoms with Crippen LogP contribution in [-0.2, 0) is 16.0 Å². The summed E-state index contributed by atoms with van der Waals surface area (Å²) in [5.74, 6) is 0.738. The average molecular weight is 516 g/mol. The highest BCUT2D eigenvalue weighted by molar-refractivity contribution is 8.18. The van der Waals surface area contributed by atoms with Gasteiger partial charge in [0.05, 0.1) is 31.2 Å². The van der Waals surface area contributed by atoms with E-state index in [1.165, 1.54) is 51.7 Å². The number of thioether (sulfide) groups is 1. The molecular weight excluding hydrogens is 490 g/mol. The van der Waals surface area contributed by atoms with Gasteiger partial charge in [0.25, 0.3) is 16.8 Å². The maximum atomic E-state index is 12.6. The summed E-state index contributed by atoms with van der Waals surface area (Å²) in [6.45, 7) is 0.134. The van der Waals surface area contributed by atoms with Gasteiger partial charge in [0.2, 0.25) is 11.7 Å². The Bertz CT molecular complexity index is 1170. The third kappa shape index (κ3) is 6.33. The van der Waals surface area contributed by atoms with E-state index in [4.69, 9.17) is 14.2 Å². The zero-order chi connectivity index (χ0) is 26.2. The highest BCUT2D eigenvalue weighted by Gasteiger charge is 2.34. The van der Waals surface area contributed by atoms with Gasteiger partial charge in [-0.1, -0.05) is 0 Å². The minimum atomic E-state index is -0.517. The van der Waals surface area contributed by atoms with Crippen LogP contribution in [-0.4, -0.2) is 61.3 Å². The summed E-state index contributed by atoms with van der Waals surface area (Å²) in [5, 5.41) is 13.0. The van der Waals surface area contributed by atoms with E-state index in [9.17, 15) is 24.5 Å². The molecule has 1 N–H and O–H groups in total. The number of ether oxygens (including phenoxy) is 3. The molecule has 0 bridgehead atoms. The van der Waals surface area contributed by atoms with Crippen molar-refractivity contribution in [2.24, 2.45) is 0 Å². The average Bonchev–Trinajstić information content (AvgIpc) is 3.14. The van der Waals surface area contributed by atoms with E-state index < -0.39 is 16.1 Å². The van der Waals surface area contributed by atoms with Gasteiger partial charge in [-0.2, -0.15) is 0 Å². The molecule has 190 valence electrons. The summed E-state index contributed by atoms with van der Waals surface area (Å²) >= 11 is 0.781. The van der Waals surface area contributed by atoms with Crippen molar-refractivity contribution >= 4 is 40.6 Å². The molecule has 1 fully saturated rings. The van der Waals surface area contributed by atoms with Crippen molar-refractivity contribution < 1.29 is 33.5 Å². The van der Waals surface area contributed by atoms with E-state index in [1.807, 2.05) is 0 Å². The maximum Gasteiger partial charge on any atom is 0.293 e. The number of carbonyl (C=O) groups excluding carboxylic acids is 3. The molecule has 1 aliphatic heterocycles. The Morgan fingerprint density at radius 1 is 1.08 bits per heavy atom. The number of aryl methyl sites for hydroxylation is 1. The second-order valence-electron chi connectivity index (χ2n) is 7.57. The number of methoxy groups -OCH3 is 3. The van der Waals surface area contributed by atoms with Gasteiger partial charge >= 0.3 is 0 Å². The minimum absolute atomic E-state index is 0.0260. The van der Waals surface area contributed by atoms with Gasteiger partial charge in [0, 0.05) is 31.6 Å². The van der Waals surface area contributed by atoms with E-state index in [2.05, 4.69) is 5.32 Å². The Kier molecular flexibility index (Phi) is 8.90. The fourth-order valence-corrected chi connectivity index (χ4v) is 4.33. The van der Waals surface area contributed by atoms with Crippen LogP contribution in [0, 0.1) is 10.1 Å². The monoisotopic (exact) mass is 515 g/mol. The smallest absolute Gasteiger partial charge is 0.293 e. The standard InChI is InChI=1S/C24H25N3O8S/c1-33-18-12-16(13-19(34-2)22(18)35-3)6-9-21(28)25-10-11-26-23(29)20(36-24(26)30)14-15-4-7-17(8-5-15)27(31)32/h4-5,7-8,12-14H,6,9-11H2,1-3H3,(H,25,28). The van der Waals surface area contributed by atoms with E-state index in [0.717, 1.165) is 22.2 Å². The quantitative estimate of drug-likeness (QED) is 0.271. The summed E-state index contributed by atoms with van der Waals surface area (Å²) in [4.78, 5) is 48.7. The van der Waals surface area contributed by atoms with Crippen LogP contribution in [0.15, 0.2) is 41.3 Å². The van der Waals surface area contributed by atoms with Crippen LogP contribution < -0.4 is 19.5 Å². The number of amides is 3. The van der Waals surface area contributed by atoms with E-state index in [-0.39, 0.29) is 36.0 Å². The Morgan fingerprint density at radius 2 is 1.72 bits per heavy atom. The molecule has 2 aromatic rings. The van der Waals surface area contributed by atoms with Crippen LogP contribution in [0.5, 0.6) is 17.2 Å². The number of non-ortho nitro benzene ring substituents is 1. The van der Waals surface area contributed by atoms with Gasteiger partial charge in [-0.25, -0.2) is 0 Å². The van der Waals surface area contributed by atoms with Crippen LogP contribution in [0.1, 0.15) is 17.5 Å². The molecule has 1 saturated heterocycles. The number of nitro groups is 1. The lowest BCUT2D eigenvalue weighted by Crippen LogP contribution is -2.37. The van der Waals surface area contributed by atoms with Crippen LogP contribution in [0.25, 0.3) is 6.08 Å². The molecule has 0 saturated carbocycles. The number of nitrogens with zero attached hydrogens (tertiary/aromatic N) is 2. The molecule has 3 rings (SSSR count). The minimum Gasteiger partial charge on any atom is -0.493 e. The van der Waals surface area contributed by atoms with Gasteiger partial charge < -0.3 is 19.5 Å². The summed E-state index contributed by atoms with van der Waals surface area (Å²) in [6.07, 6.45) is 2.10. The molecular formula is C24H25N3O8S. The van der Waals surface area contributed by atoms with Gasteiger partial charge in [0.1, 0.15) is 0 Å². The van der Waals surface area contributed by atoms with Crippen LogP contribution in [0.2, 0.25) is 0 Å². The van der Waals surface area contributed by atoms with Crippen molar-refractivity contribution in [2.45, 2.75) is 12.8 Å². The van der Waals surface area contributed by atoms with Crippen LogP contribution in [0.4, 0.5) is 10.5 Å². The zero-order valence-corrected chi connectivity index (χ0v) is 20.8. The summed E-state index contributed by atoms with van der Waals surface area (Å²) in [6, 6.07) is 9.19. The lowest BCUT2D eigenvalue weighted by molar-refractivity contribution is -0.384. The first kappa shape index (κ1) is 26.5. The highest BCUT2D eigenvalue weighted by Crippen LogP contribution is 2.38. The first-order valence-corrected chi connectivity index (χ1v) is 11.6. The third-order valence-corrected chi connectivity index (χ3v) is 6.21. The lowest BCUT2D eigenvalue weighted by Gasteiger charge is -2.14. The number of carbonyl (C=O) groups is 3. The Balaban J connectivity index is 1.51. The number of imide groups is 1. The summed E-state index contributed by atoms with van der Waals surface area (Å²) in [5.41, 5.74) is 1.31. The molecule has 36 heavy (non-hydrogen) atoms. The molecule has 0 aromatic heterocycles. The van der Waals surface area contributed by atoms with E-state index in [1.54, 1.807) is 12.1 Å². The highest BCUT2D eigenvalue weighted by atomic mass is 32.2. The number of hydrogen-bond acceptors (Lipinski definition) is 9.